The average Bonchev–Trinajstić information content (AvgIpc) is 3.50. The van der Waals surface area contributed by atoms with E-state index in [1.165, 1.54) is 49.3 Å². The molecule has 0 saturated heterocycles. The van der Waals surface area contributed by atoms with E-state index in [2.05, 4.69) is 127 Å². The molecule has 8 aromatic rings. The van der Waals surface area contributed by atoms with Gasteiger partial charge >= 0.3 is 0 Å². The number of rotatable bonds is 2. The summed E-state index contributed by atoms with van der Waals surface area (Å²) in [5.74, 6) is 0.682. The molecule has 1 aliphatic carbocycles. The quantitative estimate of drug-likeness (QED) is 0.220. The van der Waals surface area contributed by atoms with Gasteiger partial charge in [0, 0.05) is 39.5 Å². The van der Waals surface area contributed by atoms with Gasteiger partial charge in [0.15, 0.2) is 0 Å². The smallest absolute Gasteiger partial charge is 0.235 e. The highest BCUT2D eigenvalue weighted by Crippen LogP contribution is 2.55. The highest BCUT2D eigenvalue weighted by Gasteiger charge is 2.40. The van der Waals surface area contributed by atoms with Crippen molar-refractivity contribution < 1.29 is 0 Å². The van der Waals surface area contributed by atoms with Crippen molar-refractivity contribution >= 4 is 43.5 Å². The van der Waals surface area contributed by atoms with Crippen molar-refractivity contribution in [3.05, 3.63) is 133 Å². The summed E-state index contributed by atoms with van der Waals surface area (Å²) in [7, 11) is 0. The number of benzene rings is 5. The van der Waals surface area contributed by atoms with Crippen LogP contribution in [0.3, 0.4) is 0 Å². The molecule has 5 aromatic carbocycles. The second-order valence-electron chi connectivity index (χ2n) is 11.7. The van der Waals surface area contributed by atoms with Crippen molar-refractivity contribution in [1.29, 1.82) is 0 Å². The topological polar surface area (TPSA) is 43.6 Å². The van der Waals surface area contributed by atoms with E-state index in [0.717, 1.165) is 27.7 Å². The maximum absolute atomic E-state index is 5.36. The lowest BCUT2D eigenvalue weighted by molar-refractivity contribution is 0.660. The normalized spacial score (nSPS) is 13.7. The molecule has 0 amide bonds. The van der Waals surface area contributed by atoms with Crippen molar-refractivity contribution in [2.45, 2.75) is 19.3 Å². The fourth-order valence-corrected chi connectivity index (χ4v) is 7.24. The molecule has 0 N–H and O–H groups in total. The van der Waals surface area contributed by atoms with Crippen LogP contribution in [-0.4, -0.2) is 19.5 Å². The maximum Gasteiger partial charge on any atom is 0.235 e. The molecule has 3 heterocycles. The summed E-state index contributed by atoms with van der Waals surface area (Å²) in [6.45, 7) is 4.65. The van der Waals surface area contributed by atoms with Gasteiger partial charge in [-0.2, -0.15) is 0 Å². The molecule has 0 unspecified atom stereocenters. The monoisotopic (exact) mass is 538 g/mol. The Balaban J connectivity index is 1.53. The maximum atomic E-state index is 5.36. The van der Waals surface area contributed by atoms with Gasteiger partial charge in [-0.25, -0.2) is 9.97 Å². The molecule has 9 rings (SSSR count). The number of para-hydroxylation sites is 2. The molecule has 0 aliphatic heterocycles. The Labute approximate surface area is 242 Å². The Kier molecular flexibility index (Phi) is 4.64. The first-order chi connectivity index (χ1) is 20.6. The predicted octanol–water partition coefficient (Wildman–Crippen LogP) is 9.25. The van der Waals surface area contributed by atoms with E-state index >= 15 is 0 Å². The van der Waals surface area contributed by atoms with E-state index in [1.54, 1.807) is 0 Å². The summed E-state index contributed by atoms with van der Waals surface area (Å²) in [5, 5.41) is 6.00. The van der Waals surface area contributed by atoms with Crippen molar-refractivity contribution in [2.75, 3.05) is 0 Å². The van der Waals surface area contributed by atoms with Gasteiger partial charge in [0.05, 0.1) is 22.2 Å². The second-order valence-corrected chi connectivity index (χ2v) is 11.7. The van der Waals surface area contributed by atoms with Crippen molar-refractivity contribution in [3.63, 3.8) is 0 Å². The SMILES string of the molecule is CC1(C)c2cnccc2-c2c1c1c(c3ccccc23)c2ccccc2n1-c1nc(-c2ccccc2)c2ccccc2n1. The first kappa shape index (κ1) is 23.4. The van der Waals surface area contributed by atoms with Crippen LogP contribution in [0.15, 0.2) is 122 Å². The van der Waals surface area contributed by atoms with Gasteiger partial charge in [0.1, 0.15) is 0 Å². The number of hydrogen-bond acceptors (Lipinski definition) is 3. The molecule has 4 nitrogen and oxygen atoms in total. The first-order valence-corrected chi connectivity index (χ1v) is 14.4. The van der Waals surface area contributed by atoms with Gasteiger partial charge in [-0.3, -0.25) is 9.55 Å². The van der Waals surface area contributed by atoms with E-state index in [9.17, 15) is 0 Å². The number of fused-ring (bicyclic) bond motifs is 11. The van der Waals surface area contributed by atoms with E-state index in [-0.39, 0.29) is 5.41 Å². The van der Waals surface area contributed by atoms with Crippen LogP contribution in [0.1, 0.15) is 25.0 Å². The zero-order chi connectivity index (χ0) is 28.0. The summed E-state index contributed by atoms with van der Waals surface area (Å²) in [6, 6.07) is 38.4. The molecule has 3 aromatic heterocycles. The Bertz CT molecular complexity index is 2380. The van der Waals surface area contributed by atoms with Crippen LogP contribution in [0, 0.1) is 0 Å². The largest absolute Gasteiger partial charge is 0.278 e. The number of aromatic nitrogens is 4. The van der Waals surface area contributed by atoms with E-state index in [1.807, 2.05) is 18.5 Å². The van der Waals surface area contributed by atoms with Crippen LogP contribution in [-0.2, 0) is 5.41 Å². The average molecular weight is 539 g/mol. The fraction of sp³-hybridized carbons (Fsp3) is 0.0789. The van der Waals surface area contributed by atoms with Crippen LogP contribution >= 0.6 is 0 Å². The van der Waals surface area contributed by atoms with Gasteiger partial charge in [-0.05, 0) is 51.2 Å². The molecular formula is C38H26N4. The number of pyridine rings is 1. The minimum absolute atomic E-state index is 0.271. The Morgan fingerprint density at radius 1 is 0.643 bits per heavy atom. The van der Waals surface area contributed by atoms with Gasteiger partial charge in [-0.15, -0.1) is 0 Å². The fourth-order valence-electron chi connectivity index (χ4n) is 7.24. The van der Waals surface area contributed by atoms with Crippen LogP contribution < -0.4 is 0 Å². The van der Waals surface area contributed by atoms with Crippen molar-refractivity contribution in [3.8, 4) is 28.3 Å². The molecule has 198 valence electrons. The molecule has 42 heavy (non-hydrogen) atoms. The molecule has 1 aliphatic rings. The van der Waals surface area contributed by atoms with Crippen LogP contribution in [0.4, 0.5) is 0 Å². The van der Waals surface area contributed by atoms with E-state index in [4.69, 9.17) is 9.97 Å². The summed E-state index contributed by atoms with van der Waals surface area (Å²) in [6.07, 6.45) is 3.96. The molecule has 0 fully saturated rings. The molecular weight excluding hydrogens is 512 g/mol. The lowest BCUT2D eigenvalue weighted by Crippen LogP contribution is -2.17. The zero-order valence-electron chi connectivity index (χ0n) is 23.3. The third-order valence-corrected chi connectivity index (χ3v) is 9.05. The highest BCUT2D eigenvalue weighted by molar-refractivity contribution is 6.26. The second kappa shape index (κ2) is 8.34. The number of hydrogen-bond donors (Lipinski definition) is 0. The molecule has 0 spiro atoms. The van der Waals surface area contributed by atoms with Crippen molar-refractivity contribution in [1.82, 2.24) is 19.5 Å². The van der Waals surface area contributed by atoms with Gasteiger partial charge < -0.3 is 0 Å². The van der Waals surface area contributed by atoms with Crippen LogP contribution in [0.25, 0.3) is 71.8 Å². The molecule has 0 radical (unpaired) electrons. The van der Waals surface area contributed by atoms with Gasteiger partial charge in [0.2, 0.25) is 5.95 Å². The molecule has 0 atom stereocenters. The van der Waals surface area contributed by atoms with Gasteiger partial charge in [0.25, 0.3) is 0 Å². The molecule has 0 saturated carbocycles. The minimum atomic E-state index is -0.271. The third kappa shape index (κ3) is 2.98. The lowest BCUT2D eigenvalue weighted by atomic mass is 9.81. The zero-order valence-corrected chi connectivity index (χ0v) is 23.3. The summed E-state index contributed by atoms with van der Waals surface area (Å²) < 4.78 is 2.32. The summed E-state index contributed by atoms with van der Waals surface area (Å²) >= 11 is 0. The lowest BCUT2D eigenvalue weighted by Gasteiger charge is -2.24. The Hall–Kier alpha value is -5.35. The third-order valence-electron chi connectivity index (χ3n) is 9.05. The number of nitrogens with zero attached hydrogens (tertiary/aromatic N) is 4. The van der Waals surface area contributed by atoms with Crippen LogP contribution in [0.5, 0.6) is 0 Å². The Morgan fingerprint density at radius 3 is 2.17 bits per heavy atom. The van der Waals surface area contributed by atoms with Crippen LogP contribution in [0.2, 0.25) is 0 Å². The Morgan fingerprint density at radius 2 is 1.33 bits per heavy atom. The van der Waals surface area contributed by atoms with Crippen molar-refractivity contribution in [2.24, 2.45) is 0 Å². The van der Waals surface area contributed by atoms with E-state index < -0.39 is 0 Å². The molecule has 0 bridgehead atoms. The predicted molar refractivity (Wildman–Crippen MR) is 172 cm³/mol. The minimum Gasteiger partial charge on any atom is -0.278 e. The summed E-state index contributed by atoms with van der Waals surface area (Å²) in [5.41, 5.74) is 10.0. The standard InChI is InChI=1S/C38H26N4/c1-38(2)29-22-39-21-20-26(29)32-24-14-6-7-15-25(24)33-28-17-9-11-19-31(28)42(36(33)34(32)38)37-40-30-18-10-8-16-27(30)35(41-37)23-12-4-3-5-13-23/h3-22H,1-2H3. The summed E-state index contributed by atoms with van der Waals surface area (Å²) in [4.78, 5) is 15.2. The van der Waals surface area contributed by atoms with E-state index in [0.29, 0.717) is 5.95 Å². The molecule has 4 heteroatoms. The first-order valence-electron chi connectivity index (χ1n) is 14.4. The van der Waals surface area contributed by atoms with Gasteiger partial charge in [-0.1, -0.05) is 105 Å². The highest BCUT2D eigenvalue weighted by atomic mass is 15.2.